The fourth-order valence-corrected chi connectivity index (χ4v) is 3.77. The van der Waals surface area contributed by atoms with E-state index < -0.39 is 6.23 Å². The van der Waals surface area contributed by atoms with Crippen molar-refractivity contribution in [3.8, 4) is 0 Å². The molecule has 164 valence electrons. The first-order valence-corrected chi connectivity index (χ1v) is 9.95. The molecular formula is C21H25FN6O3. The maximum Gasteiger partial charge on any atom is 0.246 e. The number of guanidine groups is 1. The third-order valence-corrected chi connectivity index (χ3v) is 5.37. The van der Waals surface area contributed by atoms with Gasteiger partial charge in [-0.1, -0.05) is 29.4 Å². The van der Waals surface area contributed by atoms with Crippen LogP contribution in [0.2, 0.25) is 0 Å². The zero-order valence-corrected chi connectivity index (χ0v) is 17.4. The zero-order valence-electron chi connectivity index (χ0n) is 17.4. The Morgan fingerprint density at radius 1 is 1.35 bits per heavy atom. The molecule has 0 saturated carbocycles. The van der Waals surface area contributed by atoms with Crippen LogP contribution in [0, 0.1) is 5.82 Å². The normalized spacial score (nSPS) is 23.8. The standard InChI is InChI=1S/C21H25FN6O3/c1-4-28-18(12(2)3)20(29)27(21(23)25-28)10-17-24-19(26-31-17)14-9-16(30-11-14)13-5-7-15(22)8-6-13/h4-8,14,16,20,29H,1,9-11H2,2-3H3,(H2,23,25)/t14?,16-,20?/m1/s1. The van der Waals surface area contributed by atoms with Gasteiger partial charge in [0, 0.05) is 12.1 Å². The summed E-state index contributed by atoms with van der Waals surface area (Å²) < 4.78 is 24.4. The van der Waals surface area contributed by atoms with Crippen molar-refractivity contribution >= 4 is 5.96 Å². The Bertz CT molecular complexity index is 1010. The molecule has 4 rings (SSSR count). The summed E-state index contributed by atoms with van der Waals surface area (Å²) in [5.41, 5.74) is 8.38. The Morgan fingerprint density at radius 2 is 2.10 bits per heavy atom. The van der Waals surface area contributed by atoms with E-state index in [4.69, 9.17) is 15.0 Å². The van der Waals surface area contributed by atoms with E-state index in [-0.39, 0.29) is 30.3 Å². The van der Waals surface area contributed by atoms with Gasteiger partial charge in [-0.15, -0.1) is 5.10 Å². The summed E-state index contributed by atoms with van der Waals surface area (Å²) in [6.07, 6.45) is 0.965. The molecule has 2 unspecified atom stereocenters. The second-order valence-electron chi connectivity index (χ2n) is 7.72. The summed E-state index contributed by atoms with van der Waals surface area (Å²) in [4.78, 5) is 5.95. The summed E-state index contributed by atoms with van der Waals surface area (Å²) in [5.74, 6) is 0.609. The maximum absolute atomic E-state index is 13.2. The van der Waals surface area contributed by atoms with Crippen molar-refractivity contribution < 1.29 is 18.8 Å². The minimum absolute atomic E-state index is 0.0468. The highest BCUT2D eigenvalue weighted by molar-refractivity contribution is 5.79. The second-order valence-corrected chi connectivity index (χ2v) is 7.72. The number of hydrogen-bond acceptors (Lipinski definition) is 9. The van der Waals surface area contributed by atoms with Gasteiger partial charge in [-0.05, 0) is 38.0 Å². The van der Waals surface area contributed by atoms with Crippen LogP contribution in [0.1, 0.15) is 49.6 Å². The lowest BCUT2D eigenvalue weighted by molar-refractivity contribution is 0.0395. The molecule has 3 heterocycles. The summed E-state index contributed by atoms with van der Waals surface area (Å²) in [6, 6.07) is 6.28. The molecule has 1 saturated heterocycles. The molecular weight excluding hydrogens is 403 g/mol. The van der Waals surface area contributed by atoms with Crippen molar-refractivity contribution in [3.63, 3.8) is 0 Å². The number of halogens is 1. The van der Waals surface area contributed by atoms with E-state index in [0.29, 0.717) is 30.4 Å². The highest BCUT2D eigenvalue weighted by Crippen LogP contribution is 2.37. The number of ether oxygens (including phenoxy) is 1. The van der Waals surface area contributed by atoms with Crippen LogP contribution in [-0.4, -0.2) is 44.0 Å². The van der Waals surface area contributed by atoms with Gasteiger partial charge in [0.1, 0.15) is 12.4 Å². The van der Waals surface area contributed by atoms with Crippen LogP contribution >= 0.6 is 0 Å². The lowest BCUT2D eigenvalue weighted by Crippen LogP contribution is -2.51. The van der Waals surface area contributed by atoms with E-state index in [2.05, 4.69) is 21.8 Å². The summed E-state index contributed by atoms with van der Waals surface area (Å²) >= 11 is 0. The molecule has 1 fully saturated rings. The number of nitrogens with zero attached hydrogens (tertiary/aromatic N) is 5. The summed E-state index contributed by atoms with van der Waals surface area (Å²) in [6.45, 7) is 7.97. The lowest BCUT2D eigenvalue weighted by Gasteiger charge is -2.37. The van der Waals surface area contributed by atoms with Crippen molar-refractivity contribution in [2.24, 2.45) is 10.8 Å². The van der Waals surface area contributed by atoms with Gasteiger partial charge in [-0.25, -0.2) is 9.40 Å². The van der Waals surface area contributed by atoms with Crippen LogP contribution < -0.4 is 5.73 Å². The second kappa shape index (κ2) is 8.48. The van der Waals surface area contributed by atoms with Crippen LogP contribution in [-0.2, 0) is 11.3 Å². The molecule has 1 aromatic heterocycles. The monoisotopic (exact) mass is 428 g/mol. The van der Waals surface area contributed by atoms with Crippen molar-refractivity contribution in [1.29, 1.82) is 0 Å². The van der Waals surface area contributed by atoms with Gasteiger partial charge in [0.2, 0.25) is 11.9 Å². The van der Waals surface area contributed by atoms with Crippen molar-refractivity contribution in [3.05, 3.63) is 71.4 Å². The van der Waals surface area contributed by atoms with E-state index in [1.54, 1.807) is 12.1 Å². The number of hydrogen-bond donors (Lipinski definition) is 2. The quantitative estimate of drug-likeness (QED) is 0.747. The van der Waals surface area contributed by atoms with Crippen LogP contribution in [0.15, 0.2) is 57.9 Å². The Hall–Kier alpha value is -3.24. The molecule has 2 aliphatic rings. The number of aliphatic hydroxyl groups is 1. The predicted molar refractivity (Wildman–Crippen MR) is 110 cm³/mol. The van der Waals surface area contributed by atoms with Gasteiger partial charge in [0.05, 0.1) is 18.4 Å². The fraction of sp³-hybridized carbons (Fsp3) is 0.381. The van der Waals surface area contributed by atoms with E-state index in [1.807, 2.05) is 13.8 Å². The molecule has 2 aromatic rings. The molecule has 0 bridgehead atoms. The fourth-order valence-electron chi connectivity index (χ4n) is 3.77. The number of rotatable bonds is 5. The number of aliphatic hydroxyl groups excluding tert-OH is 1. The first-order chi connectivity index (χ1) is 14.9. The smallest absolute Gasteiger partial charge is 0.246 e. The summed E-state index contributed by atoms with van der Waals surface area (Å²) in [5, 5.41) is 20.6. The molecule has 3 atom stereocenters. The molecule has 0 amide bonds. The van der Waals surface area contributed by atoms with Gasteiger partial charge in [-0.3, -0.25) is 0 Å². The summed E-state index contributed by atoms with van der Waals surface area (Å²) in [7, 11) is 0. The van der Waals surface area contributed by atoms with Gasteiger partial charge in [0.25, 0.3) is 0 Å². The van der Waals surface area contributed by atoms with E-state index in [0.717, 1.165) is 11.1 Å². The molecule has 0 aliphatic carbocycles. The van der Waals surface area contributed by atoms with Crippen molar-refractivity contribution in [1.82, 2.24) is 20.0 Å². The SMILES string of the molecule is C=CN1N=C(N)N(Cc2nc(C3CO[C@@H](c4ccc(F)cc4)C3)no2)C(O)C1=C(C)C. The average molecular weight is 428 g/mol. The number of aromatic nitrogens is 2. The highest BCUT2D eigenvalue weighted by Gasteiger charge is 2.34. The van der Waals surface area contributed by atoms with E-state index in [1.165, 1.54) is 28.2 Å². The van der Waals surface area contributed by atoms with E-state index in [9.17, 15) is 9.50 Å². The third kappa shape index (κ3) is 4.17. The van der Waals surface area contributed by atoms with Crippen LogP contribution in [0.3, 0.4) is 0 Å². The molecule has 1 aromatic carbocycles. The molecule has 0 radical (unpaired) electrons. The van der Waals surface area contributed by atoms with Crippen molar-refractivity contribution in [2.45, 2.75) is 45.1 Å². The van der Waals surface area contributed by atoms with Gasteiger partial charge in [-0.2, -0.15) is 4.98 Å². The van der Waals surface area contributed by atoms with E-state index >= 15 is 0 Å². The number of allylic oxidation sites excluding steroid dienone is 1. The molecule has 0 spiro atoms. The molecule has 9 nitrogen and oxygen atoms in total. The van der Waals surface area contributed by atoms with Crippen LogP contribution in [0.5, 0.6) is 0 Å². The molecule has 2 aliphatic heterocycles. The van der Waals surface area contributed by atoms with Crippen molar-refractivity contribution in [2.75, 3.05) is 6.61 Å². The Kier molecular flexibility index (Phi) is 5.75. The van der Waals surface area contributed by atoms with Crippen LogP contribution in [0.25, 0.3) is 0 Å². The minimum atomic E-state index is -1.03. The third-order valence-electron chi connectivity index (χ3n) is 5.37. The Labute approximate surface area is 179 Å². The first kappa shape index (κ1) is 21.0. The lowest BCUT2D eigenvalue weighted by atomic mass is 10.00. The number of benzene rings is 1. The minimum Gasteiger partial charge on any atom is -0.373 e. The predicted octanol–water partition coefficient (Wildman–Crippen LogP) is 2.56. The molecule has 3 N–H and O–H groups in total. The Morgan fingerprint density at radius 3 is 2.77 bits per heavy atom. The first-order valence-electron chi connectivity index (χ1n) is 9.95. The van der Waals surface area contributed by atoms with Gasteiger partial charge >= 0.3 is 0 Å². The molecule has 10 heteroatoms. The largest absolute Gasteiger partial charge is 0.373 e. The average Bonchev–Trinajstić information content (AvgIpc) is 3.40. The number of nitrogens with two attached hydrogens (primary N) is 1. The van der Waals surface area contributed by atoms with Gasteiger partial charge < -0.3 is 25.0 Å². The highest BCUT2D eigenvalue weighted by atomic mass is 19.1. The topological polar surface area (TPSA) is 113 Å². The van der Waals surface area contributed by atoms with Gasteiger partial charge in [0.15, 0.2) is 12.1 Å². The Balaban J connectivity index is 1.46. The molecule has 31 heavy (non-hydrogen) atoms. The zero-order chi connectivity index (χ0) is 22.1. The van der Waals surface area contributed by atoms with Crippen LogP contribution in [0.4, 0.5) is 4.39 Å². The number of hydrazone groups is 1. The maximum atomic E-state index is 13.2.